The molecule has 9 nitrogen and oxygen atoms in total. The van der Waals surface area contributed by atoms with Crippen LogP contribution in [0.5, 0.6) is 0 Å². The van der Waals surface area contributed by atoms with Gasteiger partial charge in [-0.25, -0.2) is 4.68 Å². The van der Waals surface area contributed by atoms with Crippen molar-refractivity contribution in [3.8, 4) is 11.1 Å². The first-order valence-electron chi connectivity index (χ1n) is 14.2. The monoisotopic (exact) mass is 552 g/mol. The third-order valence-corrected chi connectivity index (χ3v) is 7.79. The van der Waals surface area contributed by atoms with Crippen LogP contribution in [-0.4, -0.2) is 38.6 Å². The largest absolute Gasteiger partial charge is 0.461 e. The van der Waals surface area contributed by atoms with Crippen molar-refractivity contribution in [3.63, 3.8) is 0 Å². The predicted octanol–water partition coefficient (Wildman–Crippen LogP) is 4.39. The van der Waals surface area contributed by atoms with Crippen LogP contribution in [0.2, 0.25) is 0 Å². The van der Waals surface area contributed by atoms with Crippen molar-refractivity contribution in [2.24, 2.45) is 11.1 Å². The summed E-state index contributed by atoms with van der Waals surface area (Å²) in [5.41, 5.74) is 9.17. The molecule has 1 saturated carbocycles. The Labute approximate surface area is 240 Å². The molecule has 1 aromatic heterocycles. The highest BCUT2D eigenvalue weighted by atomic mass is 16.5. The minimum atomic E-state index is -0.824. The number of hydrogen-bond acceptors (Lipinski definition) is 7. The standard InChI is InChI=1S/C32H36N6O3/c33-19-20-38-30(35-36-37-38)28(21-24-13-15-27(16-14-24)26-11-5-2-6-12-26)34-31(40)32(17-7-8-18-32)22-29(39)41-23-25-9-3-1-4-10-25/h1-6,9-16,28H,7-8,17-23,33H2,(H,34,40)/t28-/m0/s1. The molecular formula is C32H36N6O3. The van der Waals surface area contributed by atoms with Gasteiger partial charge in [-0.05, 0) is 45.5 Å². The number of esters is 1. The molecule has 212 valence electrons. The maximum absolute atomic E-state index is 14.0. The number of ether oxygens (including phenoxy) is 1. The summed E-state index contributed by atoms with van der Waals surface area (Å²) in [5.74, 6) is 0.00233. The maximum atomic E-state index is 14.0. The summed E-state index contributed by atoms with van der Waals surface area (Å²) in [6.45, 7) is 0.979. The molecule has 0 aliphatic heterocycles. The number of benzene rings is 3. The van der Waals surface area contributed by atoms with Gasteiger partial charge in [-0.3, -0.25) is 9.59 Å². The molecule has 0 unspecified atom stereocenters. The zero-order valence-electron chi connectivity index (χ0n) is 23.1. The van der Waals surface area contributed by atoms with Crippen LogP contribution in [0.4, 0.5) is 0 Å². The van der Waals surface area contributed by atoms with Gasteiger partial charge >= 0.3 is 5.97 Å². The van der Waals surface area contributed by atoms with Gasteiger partial charge in [-0.15, -0.1) is 5.10 Å². The highest BCUT2D eigenvalue weighted by molar-refractivity contribution is 5.88. The van der Waals surface area contributed by atoms with Crippen molar-refractivity contribution in [1.29, 1.82) is 0 Å². The number of nitrogens with one attached hydrogen (secondary N) is 1. The van der Waals surface area contributed by atoms with Gasteiger partial charge in [-0.2, -0.15) is 0 Å². The highest BCUT2D eigenvalue weighted by Crippen LogP contribution is 2.42. The van der Waals surface area contributed by atoms with Crippen molar-refractivity contribution in [2.75, 3.05) is 6.54 Å². The average Bonchev–Trinajstić information content (AvgIpc) is 3.68. The molecule has 0 spiro atoms. The van der Waals surface area contributed by atoms with Crippen molar-refractivity contribution < 1.29 is 14.3 Å². The Morgan fingerprint density at radius 1 is 0.902 bits per heavy atom. The molecule has 1 heterocycles. The fourth-order valence-corrected chi connectivity index (χ4v) is 5.56. The predicted molar refractivity (Wildman–Crippen MR) is 155 cm³/mol. The second-order valence-corrected chi connectivity index (χ2v) is 10.7. The molecule has 9 heteroatoms. The van der Waals surface area contributed by atoms with E-state index in [4.69, 9.17) is 10.5 Å². The molecule has 3 N–H and O–H groups in total. The molecule has 3 aromatic carbocycles. The molecule has 41 heavy (non-hydrogen) atoms. The van der Waals surface area contributed by atoms with Gasteiger partial charge in [0.15, 0.2) is 5.82 Å². The summed E-state index contributed by atoms with van der Waals surface area (Å²) in [5, 5.41) is 15.4. The van der Waals surface area contributed by atoms with Gasteiger partial charge in [0, 0.05) is 13.0 Å². The van der Waals surface area contributed by atoms with Crippen LogP contribution in [-0.2, 0) is 33.9 Å². The molecule has 1 aliphatic carbocycles. The van der Waals surface area contributed by atoms with Gasteiger partial charge in [0.25, 0.3) is 0 Å². The third-order valence-electron chi connectivity index (χ3n) is 7.79. The fourth-order valence-electron chi connectivity index (χ4n) is 5.56. The van der Waals surface area contributed by atoms with E-state index in [2.05, 4.69) is 57.2 Å². The first-order valence-corrected chi connectivity index (χ1v) is 14.2. The summed E-state index contributed by atoms with van der Waals surface area (Å²) >= 11 is 0. The summed E-state index contributed by atoms with van der Waals surface area (Å²) in [6.07, 6.45) is 3.56. The van der Waals surface area contributed by atoms with Crippen LogP contribution in [0.15, 0.2) is 84.9 Å². The van der Waals surface area contributed by atoms with Crippen molar-refractivity contribution in [2.45, 2.75) is 57.7 Å². The quantitative estimate of drug-likeness (QED) is 0.250. The van der Waals surface area contributed by atoms with Crippen molar-refractivity contribution in [1.82, 2.24) is 25.5 Å². The van der Waals surface area contributed by atoms with E-state index in [0.29, 0.717) is 38.2 Å². The molecule has 0 radical (unpaired) electrons. The lowest BCUT2D eigenvalue weighted by Gasteiger charge is -2.29. The number of rotatable bonds is 12. The number of nitrogens with two attached hydrogens (primary N) is 1. The summed E-state index contributed by atoms with van der Waals surface area (Å²) in [6, 6.07) is 27.5. The fraction of sp³-hybridized carbons (Fsp3) is 0.344. The Morgan fingerprint density at radius 2 is 1.56 bits per heavy atom. The molecule has 4 aromatic rings. The molecule has 1 fully saturated rings. The molecule has 1 amide bonds. The van der Waals surface area contributed by atoms with Gasteiger partial charge in [0.05, 0.1) is 24.4 Å². The van der Waals surface area contributed by atoms with E-state index in [9.17, 15) is 9.59 Å². The Balaban J connectivity index is 1.33. The summed E-state index contributed by atoms with van der Waals surface area (Å²) in [7, 11) is 0. The number of hydrogen-bond donors (Lipinski definition) is 2. The lowest BCUT2D eigenvalue weighted by Crippen LogP contribution is -2.44. The Kier molecular flexibility index (Phi) is 9.15. The molecular weight excluding hydrogens is 516 g/mol. The Hall–Kier alpha value is -4.37. The molecule has 5 rings (SSSR count). The van der Waals surface area contributed by atoms with Crippen molar-refractivity contribution in [3.05, 3.63) is 102 Å². The Morgan fingerprint density at radius 3 is 2.24 bits per heavy atom. The maximum Gasteiger partial charge on any atom is 0.307 e. The first kappa shape index (κ1) is 28.2. The molecule has 1 aliphatic rings. The normalized spacial score (nSPS) is 14.9. The second kappa shape index (κ2) is 13.3. The highest BCUT2D eigenvalue weighted by Gasteiger charge is 2.44. The van der Waals surface area contributed by atoms with Crippen LogP contribution in [0.1, 0.15) is 55.1 Å². The number of tetrazole rings is 1. The van der Waals surface area contributed by atoms with E-state index in [-0.39, 0.29) is 24.9 Å². The molecule has 1 atom stereocenters. The third kappa shape index (κ3) is 7.05. The zero-order valence-corrected chi connectivity index (χ0v) is 23.1. The van der Waals surface area contributed by atoms with Gasteiger partial charge in [0.2, 0.25) is 5.91 Å². The van der Waals surface area contributed by atoms with Gasteiger partial charge in [-0.1, -0.05) is 97.8 Å². The van der Waals surface area contributed by atoms with Gasteiger partial charge in [0.1, 0.15) is 6.61 Å². The van der Waals surface area contributed by atoms with E-state index in [1.54, 1.807) is 4.68 Å². The summed E-state index contributed by atoms with van der Waals surface area (Å²) < 4.78 is 7.21. The summed E-state index contributed by atoms with van der Waals surface area (Å²) in [4.78, 5) is 26.9. The minimum absolute atomic E-state index is 0.0396. The number of carbonyl (C=O) groups excluding carboxylic acids is 2. The molecule has 0 bridgehead atoms. The van der Waals surface area contributed by atoms with Crippen LogP contribution in [0.3, 0.4) is 0 Å². The first-order chi connectivity index (χ1) is 20.1. The van der Waals surface area contributed by atoms with Crippen LogP contribution in [0, 0.1) is 5.41 Å². The van der Waals surface area contributed by atoms with E-state index < -0.39 is 11.5 Å². The SMILES string of the molecule is NCCn1nnnc1[C@H](Cc1ccc(-c2ccccc2)cc1)NC(=O)C1(CC(=O)OCc2ccccc2)CCCC1. The van der Waals surface area contributed by atoms with Crippen molar-refractivity contribution >= 4 is 11.9 Å². The van der Waals surface area contributed by atoms with E-state index in [1.165, 1.54) is 0 Å². The number of aromatic nitrogens is 4. The van der Waals surface area contributed by atoms with Crippen LogP contribution >= 0.6 is 0 Å². The minimum Gasteiger partial charge on any atom is -0.461 e. The van der Waals surface area contributed by atoms with Crippen LogP contribution < -0.4 is 11.1 Å². The zero-order chi connectivity index (χ0) is 28.5. The van der Waals surface area contributed by atoms with E-state index >= 15 is 0 Å². The lowest BCUT2D eigenvalue weighted by atomic mass is 9.81. The molecule has 0 saturated heterocycles. The lowest BCUT2D eigenvalue weighted by molar-refractivity contribution is -0.151. The van der Waals surface area contributed by atoms with Crippen LogP contribution in [0.25, 0.3) is 11.1 Å². The topological polar surface area (TPSA) is 125 Å². The number of carbonyl (C=O) groups is 2. The average molecular weight is 553 g/mol. The van der Waals surface area contributed by atoms with Gasteiger partial charge < -0.3 is 15.8 Å². The second-order valence-electron chi connectivity index (χ2n) is 10.7. The number of nitrogens with zero attached hydrogens (tertiary/aromatic N) is 4. The smallest absolute Gasteiger partial charge is 0.307 e. The number of amides is 1. The Bertz CT molecular complexity index is 1420. The van der Waals surface area contributed by atoms with E-state index in [0.717, 1.165) is 35.1 Å². The van der Waals surface area contributed by atoms with E-state index in [1.807, 2.05) is 48.5 Å².